The maximum absolute atomic E-state index is 12.7. The van der Waals surface area contributed by atoms with Gasteiger partial charge < -0.3 is 9.47 Å². The van der Waals surface area contributed by atoms with Crippen molar-refractivity contribution in [2.24, 2.45) is 17.8 Å². The molecule has 0 unspecified atom stereocenters. The van der Waals surface area contributed by atoms with E-state index in [1.807, 2.05) is 20.8 Å². The van der Waals surface area contributed by atoms with E-state index < -0.39 is 0 Å². The van der Waals surface area contributed by atoms with Gasteiger partial charge in [-0.05, 0) is 100.0 Å². The molecule has 0 radical (unpaired) electrons. The van der Waals surface area contributed by atoms with E-state index in [1.54, 1.807) is 24.5 Å². The zero-order valence-corrected chi connectivity index (χ0v) is 28.0. The first-order chi connectivity index (χ1) is 19.5. The highest BCUT2D eigenvalue weighted by Crippen LogP contribution is 2.45. The van der Waals surface area contributed by atoms with Gasteiger partial charge in [0.15, 0.2) is 0 Å². The van der Waals surface area contributed by atoms with E-state index in [-0.39, 0.29) is 11.6 Å². The highest BCUT2D eigenvalue weighted by atomic mass is 16.5. The molecule has 1 aromatic carbocycles. The summed E-state index contributed by atoms with van der Waals surface area (Å²) in [5.41, 5.74) is 4.56. The van der Waals surface area contributed by atoms with Crippen molar-refractivity contribution >= 4 is 5.97 Å². The molecule has 0 bridgehead atoms. The first-order valence-corrected chi connectivity index (χ1v) is 16.4. The van der Waals surface area contributed by atoms with Gasteiger partial charge in [0, 0.05) is 18.0 Å². The molecule has 0 spiro atoms. The fourth-order valence-electron chi connectivity index (χ4n) is 6.05. The molecule has 1 aliphatic heterocycles. The number of benzene rings is 1. The molecular formula is C37H59NO3. The number of rotatable bonds is 14. The molecule has 0 N–H and O–H groups in total. The van der Waals surface area contributed by atoms with Crippen molar-refractivity contribution < 1.29 is 14.3 Å². The zero-order valence-electron chi connectivity index (χ0n) is 28.0. The molecule has 1 aromatic heterocycles. The van der Waals surface area contributed by atoms with Crippen LogP contribution in [0.25, 0.3) is 0 Å². The molecule has 0 saturated carbocycles. The van der Waals surface area contributed by atoms with Crippen LogP contribution in [0.5, 0.6) is 11.5 Å². The van der Waals surface area contributed by atoms with E-state index >= 15 is 0 Å². The number of carbonyl (C=O) groups excluding carboxylic acids is 1. The van der Waals surface area contributed by atoms with Crippen molar-refractivity contribution in [3.05, 3.63) is 52.3 Å². The molecular weight excluding hydrogens is 506 g/mol. The third-order valence-electron chi connectivity index (χ3n) is 8.93. The van der Waals surface area contributed by atoms with Gasteiger partial charge in [0.1, 0.15) is 17.1 Å². The van der Waals surface area contributed by atoms with E-state index in [0.717, 1.165) is 59.5 Å². The largest absolute Gasteiger partial charge is 0.487 e. The molecule has 2 aromatic rings. The lowest BCUT2D eigenvalue weighted by Crippen LogP contribution is -2.37. The number of nitrogens with zero attached hydrogens (tertiary/aromatic N) is 1. The number of carbonyl (C=O) groups is 1. The number of aromatic nitrogens is 1. The number of ether oxygens (including phenoxy) is 2. The summed E-state index contributed by atoms with van der Waals surface area (Å²) in [5, 5.41) is 0. The fourth-order valence-corrected chi connectivity index (χ4v) is 6.05. The normalized spacial score (nSPS) is 17.6. The summed E-state index contributed by atoms with van der Waals surface area (Å²) >= 11 is 0. The van der Waals surface area contributed by atoms with Gasteiger partial charge in [-0.25, -0.2) is 4.79 Å². The van der Waals surface area contributed by atoms with Crippen molar-refractivity contribution in [2.45, 2.75) is 145 Å². The minimum absolute atomic E-state index is 0.144. The summed E-state index contributed by atoms with van der Waals surface area (Å²) in [6.07, 6.45) is 16.9. The molecule has 0 aliphatic carbocycles. The summed E-state index contributed by atoms with van der Waals surface area (Å²) in [7, 11) is 0. The van der Waals surface area contributed by atoms with Gasteiger partial charge in [-0.2, -0.15) is 0 Å². The third kappa shape index (κ3) is 10.5. The lowest BCUT2D eigenvalue weighted by atomic mass is 9.83. The van der Waals surface area contributed by atoms with Crippen LogP contribution in [0.15, 0.2) is 24.5 Å². The molecule has 1 aliphatic rings. The summed E-state index contributed by atoms with van der Waals surface area (Å²) in [5.74, 6) is 3.76. The van der Waals surface area contributed by atoms with Gasteiger partial charge in [-0.1, -0.05) is 86.5 Å². The smallest absolute Gasteiger partial charge is 0.345 e. The average molecular weight is 566 g/mol. The van der Waals surface area contributed by atoms with Gasteiger partial charge in [0.05, 0.1) is 5.56 Å². The van der Waals surface area contributed by atoms with Crippen LogP contribution in [-0.4, -0.2) is 16.6 Å². The topological polar surface area (TPSA) is 48.4 Å². The van der Waals surface area contributed by atoms with Crippen molar-refractivity contribution in [1.29, 1.82) is 0 Å². The lowest BCUT2D eigenvalue weighted by Gasteiger charge is -2.38. The highest BCUT2D eigenvalue weighted by molar-refractivity contribution is 5.91. The van der Waals surface area contributed by atoms with E-state index in [0.29, 0.717) is 11.3 Å². The molecule has 3 rings (SSSR count). The molecule has 230 valence electrons. The minimum atomic E-state index is -0.370. The Morgan fingerprint density at radius 2 is 1.54 bits per heavy atom. The fraction of sp³-hybridized carbons (Fsp3) is 0.676. The van der Waals surface area contributed by atoms with Crippen molar-refractivity contribution in [3.8, 4) is 11.5 Å². The van der Waals surface area contributed by atoms with E-state index in [1.165, 1.54) is 56.9 Å². The monoisotopic (exact) mass is 565 g/mol. The van der Waals surface area contributed by atoms with E-state index in [4.69, 9.17) is 9.47 Å². The van der Waals surface area contributed by atoms with Crippen molar-refractivity contribution in [1.82, 2.24) is 4.98 Å². The Balaban J connectivity index is 0.00000287. The summed E-state index contributed by atoms with van der Waals surface area (Å²) in [6.45, 7) is 22.0. The van der Waals surface area contributed by atoms with Gasteiger partial charge in [0.25, 0.3) is 0 Å². The SMILES string of the molecule is CC.Cc1c(C)c2c(c(C)c1OC(=O)c1cccnc1)CC[C@@](C)(CCC[C@H](C)CCC[C@H](C)CCCC(C)C)O2. The summed E-state index contributed by atoms with van der Waals surface area (Å²) < 4.78 is 12.6. The van der Waals surface area contributed by atoms with Gasteiger partial charge in [0.2, 0.25) is 0 Å². The molecule has 0 fully saturated rings. The van der Waals surface area contributed by atoms with Gasteiger partial charge in [-0.15, -0.1) is 0 Å². The molecule has 4 nitrogen and oxygen atoms in total. The van der Waals surface area contributed by atoms with Crippen LogP contribution in [0.4, 0.5) is 0 Å². The Morgan fingerprint density at radius 1 is 0.927 bits per heavy atom. The number of hydrogen-bond donors (Lipinski definition) is 0. The molecule has 41 heavy (non-hydrogen) atoms. The predicted octanol–water partition coefficient (Wildman–Crippen LogP) is 10.8. The van der Waals surface area contributed by atoms with Crippen LogP contribution in [-0.2, 0) is 6.42 Å². The Bertz CT molecular complexity index is 1080. The third-order valence-corrected chi connectivity index (χ3v) is 8.93. The average Bonchev–Trinajstić information content (AvgIpc) is 2.95. The Kier molecular flexibility index (Phi) is 14.4. The van der Waals surface area contributed by atoms with Crippen LogP contribution in [0, 0.1) is 38.5 Å². The van der Waals surface area contributed by atoms with Crippen molar-refractivity contribution in [2.75, 3.05) is 0 Å². The highest BCUT2D eigenvalue weighted by Gasteiger charge is 2.35. The summed E-state index contributed by atoms with van der Waals surface area (Å²) in [6, 6.07) is 3.48. The molecule has 3 atom stereocenters. The number of pyridine rings is 1. The van der Waals surface area contributed by atoms with Gasteiger partial charge in [-0.3, -0.25) is 4.98 Å². The van der Waals surface area contributed by atoms with E-state index in [2.05, 4.69) is 53.5 Å². The van der Waals surface area contributed by atoms with Crippen LogP contribution in [0.1, 0.15) is 145 Å². The maximum Gasteiger partial charge on any atom is 0.345 e. The second-order valence-electron chi connectivity index (χ2n) is 13.1. The molecule has 0 saturated heterocycles. The Morgan fingerprint density at radius 3 is 2.12 bits per heavy atom. The molecule has 2 heterocycles. The molecule has 4 heteroatoms. The van der Waals surface area contributed by atoms with Gasteiger partial charge >= 0.3 is 5.97 Å². The number of hydrogen-bond acceptors (Lipinski definition) is 4. The molecule has 0 amide bonds. The first kappa shape index (κ1) is 34.8. The first-order valence-electron chi connectivity index (χ1n) is 16.4. The second kappa shape index (κ2) is 16.9. The number of esters is 1. The predicted molar refractivity (Wildman–Crippen MR) is 173 cm³/mol. The zero-order chi connectivity index (χ0) is 30.6. The summed E-state index contributed by atoms with van der Waals surface area (Å²) in [4.78, 5) is 16.8. The minimum Gasteiger partial charge on any atom is -0.487 e. The Hall–Kier alpha value is -2.36. The Labute approximate surface area is 252 Å². The quantitative estimate of drug-likeness (QED) is 0.169. The van der Waals surface area contributed by atoms with Crippen LogP contribution >= 0.6 is 0 Å². The van der Waals surface area contributed by atoms with Crippen LogP contribution in [0.3, 0.4) is 0 Å². The maximum atomic E-state index is 12.7. The van der Waals surface area contributed by atoms with Crippen LogP contribution in [0.2, 0.25) is 0 Å². The van der Waals surface area contributed by atoms with Crippen molar-refractivity contribution in [3.63, 3.8) is 0 Å². The van der Waals surface area contributed by atoms with Crippen LogP contribution < -0.4 is 9.47 Å². The number of fused-ring (bicyclic) bond motifs is 1. The van der Waals surface area contributed by atoms with E-state index in [9.17, 15) is 4.79 Å². The second-order valence-corrected chi connectivity index (χ2v) is 13.1. The lowest BCUT2D eigenvalue weighted by molar-refractivity contribution is 0.0508. The standard InChI is InChI=1S/C35H53NO3.C2H6/c1-24(2)13-9-14-25(3)15-10-16-26(4)17-11-20-35(8)21-19-31-29(7)32(27(5)28(6)33(31)39-35)38-34(37)30-18-12-22-36-23-30;1-2/h12,18,22-26H,9-11,13-17,19-21H2,1-8H3;1-2H3/t25-,26-,35-;/m1./s1.